The summed E-state index contributed by atoms with van der Waals surface area (Å²) in [5.41, 5.74) is -0.532. The van der Waals surface area contributed by atoms with E-state index in [0.717, 1.165) is 0 Å². The first kappa shape index (κ1) is 16.0. The summed E-state index contributed by atoms with van der Waals surface area (Å²) in [6.07, 6.45) is 3.31. The first-order valence-electron chi connectivity index (χ1n) is 7.55. The highest BCUT2D eigenvalue weighted by Crippen LogP contribution is 2.30. The van der Waals surface area contributed by atoms with Gasteiger partial charge in [0.15, 0.2) is 5.69 Å². The first-order chi connectivity index (χ1) is 11.5. The van der Waals surface area contributed by atoms with E-state index in [1.165, 1.54) is 12.3 Å². The third-order valence-electron chi connectivity index (χ3n) is 4.17. The number of likely N-dealkylation sites (tertiary alicyclic amines) is 1. The molecule has 0 atom stereocenters. The average molecular weight is 331 g/mol. The van der Waals surface area contributed by atoms with Gasteiger partial charge in [0.05, 0.1) is 5.69 Å². The fourth-order valence-electron chi connectivity index (χ4n) is 2.70. The van der Waals surface area contributed by atoms with E-state index in [9.17, 15) is 14.7 Å². The zero-order valence-electron chi connectivity index (χ0n) is 13.1. The van der Waals surface area contributed by atoms with Crippen LogP contribution in [0.4, 0.5) is 0 Å². The minimum Gasteiger partial charge on any atom is -0.478 e. The number of carboxylic acids is 1. The second-order valence-electron chi connectivity index (χ2n) is 5.67. The normalized spacial score (nSPS) is 16.6. The number of piperidine rings is 1. The summed E-state index contributed by atoms with van der Waals surface area (Å²) in [5.74, 6) is -0.879. The summed E-state index contributed by atoms with van der Waals surface area (Å²) in [4.78, 5) is 29.7. The number of aromatic nitrogens is 2. The predicted octanol–water partition coefficient (Wildman–Crippen LogP) is 1.52. The van der Waals surface area contributed by atoms with Gasteiger partial charge in [0.25, 0.3) is 5.91 Å². The number of amides is 1. The molecule has 1 N–H and O–H groups in total. The zero-order chi connectivity index (χ0) is 17.2. The number of hydrogen-bond acceptors (Lipinski definition) is 6. The van der Waals surface area contributed by atoms with Crippen LogP contribution in [0.5, 0.6) is 5.75 Å². The van der Waals surface area contributed by atoms with Crippen LogP contribution in [-0.4, -0.2) is 50.7 Å². The topological polar surface area (TPSA) is 106 Å². The van der Waals surface area contributed by atoms with E-state index in [4.69, 9.17) is 4.74 Å². The van der Waals surface area contributed by atoms with Gasteiger partial charge < -0.3 is 19.3 Å². The highest BCUT2D eigenvalue weighted by atomic mass is 16.5. The smallest absolute Gasteiger partial charge is 0.348 e. The van der Waals surface area contributed by atoms with E-state index in [1.807, 2.05) is 0 Å². The van der Waals surface area contributed by atoms with Gasteiger partial charge in [0, 0.05) is 38.2 Å². The van der Waals surface area contributed by atoms with Gasteiger partial charge in [-0.1, -0.05) is 5.16 Å². The minimum absolute atomic E-state index is 0.181. The molecule has 0 spiro atoms. The van der Waals surface area contributed by atoms with Crippen molar-refractivity contribution in [2.75, 3.05) is 13.1 Å². The Kier molecular flexibility index (Phi) is 4.20. The molecule has 2 aromatic rings. The van der Waals surface area contributed by atoms with Gasteiger partial charge in [0.2, 0.25) is 5.60 Å². The standard InChI is InChI=1S/C16H17N3O5/c1-11-13(3-2-7-17-11)24-16(15(21)22)5-8-19(9-6-16)14(20)12-4-10-23-18-12/h2-4,7,10H,5-6,8-9H2,1H3,(H,21,22). The Balaban J connectivity index is 1.74. The molecule has 0 saturated carbocycles. The molecule has 0 unspecified atom stereocenters. The molecule has 0 radical (unpaired) electrons. The van der Waals surface area contributed by atoms with Crippen molar-refractivity contribution in [3.63, 3.8) is 0 Å². The summed E-state index contributed by atoms with van der Waals surface area (Å²) in [5, 5.41) is 13.3. The summed E-state index contributed by atoms with van der Waals surface area (Å²) in [6.45, 7) is 2.28. The van der Waals surface area contributed by atoms with Gasteiger partial charge in [0.1, 0.15) is 12.0 Å². The molecule has 8 nitrogen and oxygen atoms in total. The van der Waals surface area contributed by atoms with Crippen molar-refractivity contribution in [1.29, 1.82) is 0 Å². The second-order valence-corrected chi connectivity index (χ2v) is 5.67. The summed E-state index contributed by atoms with van der Waals surface area (Å²) < 4.78 is 10.5. The van der Waals surface area contributed by atoms with E-state index in [-0.39, 0.29) is 37.5 Å². The molecular formula is C16H17N3O5. The number of aryl methyl sites for hydroxylation is 1. The lowest BCUT2D eigenvalue weighted by Crippen LogP contribution is -2.54. The number of rotatable bonds is 4. The van der Waals surface area contributed by atoms with Crippen LogP contribution in [0.15, 0.2) is 35.2 Å². The number of ether oxygens (including phenoxy) is 1. The summed E-state index contributed by atoms with van der Waals surface area (Å²) >= 11 is 0. The van der Waals surface area contributed by atoms with Crippen molar-refractivity contribution in [2.45, 2.75) is 25.4 Å². The molecular weight excluding hydrogens is 314 g/mol. The van der Waals surface area contributed by atoms with Crippen LogP contribution in [0, 0.1) is 6.92 Å². The molecule has 0 aliphatic carbocycles. The Morgan fingerprint density at radius 3 is 2.67 bits per heavy atom. The first-order valence-corrected chi connectivity index (χ1v) is 7.55. The molecule has 24 heavy (non-hydrogen) atoms. The third-order valence-corrected chi connectivity index (χ3v) is 4.17. The summed E-state index contributed by atoms with van der Waals surface area (Å²) in [7, 11) is 0. The lowest BCUT2D eigenvalue weighted by Gasteiger charge is -2.38. The van der Waals surface area contributed by atoms with Gasteiger partial charge in [-0.15, -0.1) is 0 Å². The van der Waals surface area contributed by atoms with Crippen LogP contribution in [0.3, 0.4) is 0 Å². The maximum absolute atomic E-state index is 12.3. The number of nitrogens with zero attached hydrogens (tertiary/aromatic N) is 3. The molecule has 0 bridgehead atoms. The molecule has 1 saturated heterocycles. The molecule has 1 amide bonds. The molecule has 8 heteroatoms. The number of carboxylic acid groups (broad SMARTS) is 1. The third kappa shape index (κ3) is 2.94. The average Bonchev–Trinajstić information content (AvgIpc) is 3.11. The maximum atomic E-state index is 12.3. The van der Waals surface area contributed by atoms with Crippen molar-refractivity contribution in [3.8, 4) is 5.75 Å². The SMILES string of the molecule is Cc1ncccc1OC1(C(=O)O)CCN(C(=O)c2ccon2)CC1. The Labute approximate surface area is 138 Å². The van der Waals surface area contributed by atoms with Crippen LogP contribution >= 0.6 is 0 Å². The van der Waals surface area contributed by atoms with Gasteiger partial charge in [-0.3, -0.25) is 9.78 Å². The lowest BCUT2D eigenvalue weighted by molar-refractivity contribution is -0.159. The maximum Gasteiger partial charge on any atom is 0.348 e. The van der Waals surface area contributed by atoms with Gasteiger partial charge in [-0.2, -0.15) is 0 Å². The Morgan fingerprint density at radius 2 is 2.08 bits per heavy atom. The van der Waals surface area contributed by atoms with Crippen molar-refractivity contribution in [3.05, 3.63) is 42.0 Å². The van der Waals surface area contributed by atoms with E-state index in [2.05, 4.69) is 14.7 Å². The van der Waals surface area contributed by atoms with Crippen LogP contribution in [0.25, 0.3) is 0 Å². The lowest BCUT2D eigenvalue weighted by atomic mass is 9.90. The van der Waals surface area contributed by atoms with Crippen molar-refractivity contribution < 1.29 is 24.0 Å². The monoisotopic (exact) mass is 331 g/mol. The van der Waals surface area contributed by atoms with Crippen molar-refractivity contribution >= 4 is 11.9 Å². The Hall–Kier alpha value is -2.90. The number of hydrogen-bond donors (Lipinski definition) is 1. The van der Waals surface area contributed by atoms with E-state index < -0.39 is 11.6 Å². The highest BCUT2D eigenvalue weighted by molar-refractivity contribution is 5.92. The van der Waals surface area contributed by atoms with Gasteiger partial charge in [-0.25, -0.2) is 4.79 Å². The Bertz CT molecular complexity index is 736. The van der Waals surface area contributed by atoms with Crippen LogP contribution in [0.1, 0.15) is 29.0 Å². The number of pyridine rings is 1. The fraction of sp³-hybridized carbons (Fsp3) is 0.375. The molecule has 2 aromatic heterocycles. The number of carbonyl (C=O) groups is 2. The Morgan fingerprint density at radius 1 is 1.33 bits per heavy atom. The van der Waals surface area contributed by atoms with Gasteiger partial charge >= 0.3 is 5.97 Å². The van der Waals surface area contributed by atoms with Gasteiger partial charge in [-0.05, 0) is 19.1 Å². The van der Waals surface area contributed by atoms with E-state index in [1.54, 1.807) is 30.2 Å². The van der Waals surface area contributed by atoms with E-state index in [0.29, 0.717) is 11.4 Å². The molecule has 126 valence electrons. The highest BCUT2D eigenvalue weighted by Gasteiger charge is 2.45. The number of carbonyl (C=O) groups excluding carboxylic acids is 1. The zero-order valence-corrected chi connectivity index (χ0v) is 13.1. The van der Waals surface area contributed by atoms with Crippen LogP contribution in [0.2, 0.25) is 0 Å². The quantitative estimate of drug-likeness (QED) is 0.905. The van der Waals surface area contributed by atoms with Crippen molar-refractivity contribution in [1.82, 2.24) is 15.0 Å². The molecule has 0 aromatic carbocycles. The largest absolute Gasteiger partial charge is 0.478 e. The van der Waals surface area contributed by atoms with E-state index >= 15 is 0 Å². The molecule has 1 aliphatic heterocycles. The van der Waals surface area contributed by atoms with Crippen LogP contribution < -0.4 is 4.74 Å². The van der Waals surface area contributed by atoms with Crippen LogP contribution in [-0.2, 0) is 4.79 Å². The molecule has 3 heterocycles. The fourth-order valence-corrected chi connectivity index (χ4v) is 2.70. The van der Waals surface area contributed by atoms with Crippen molar-refractivity contribution in [2.24, 2.45) is 0 Å². The summed E-state index contributed by atoms with van der Waals surface area (Å²) in [6, 6.07) is 4.87. The predicted molar refractivity (Wildman–Crippen MR) is 81.6 cm³/mol. The minimum atomic E-state index is -1.37. The molecule has 1 aliphatic rings. The number of aliphatic carboxylic acids is 1. The second kappa shape index (κ2) is 6.31. The molecule has 1 fully saturated rings. The molecule has 3 rings (SSSR count).